The SMILES string of the molecule is CC(C)CC(NC(=O)C(N)CCCN=C(N)N)C(=O)NC(CC(N)=O)C(=O)NC(Cc1cnc[nH]1)C(=O)O. The van der Waals surface area contributed by atoms with Crippen LogP contribution in [-0.4, -0.2) is 81.3 Å². The van der Waals surface area contributed by atoms with Gasteiger partial charge in [-0.25, -0.2) is 9.78 Å². The van der Waals surface area contributed by atoms with E-state index in [1.807, 2.05) is 13.8 Å². The number of nitrogens with zero attached hydrogens (tertiary/aromatic N) is 2. The number of primary amides is 1. The number of aliphatic carboxylic acids is 1. The van der Waals surface area contributed by atoms with Gasteiger partial charge in [0.25, 0.3) is 0 Å². The average molecular weight is 539 g/mol. The molecule has 38 heavy (non-hydrogen) atoms. The molecule has 1 heterocycles. The number of carboxylic acid groups (broad SMARTS) is 1. The molecule has 1 aromatic rings. The molecule has 0 aliphatic carbocycles. The van der Waals surface area contributed by atoms with E-state index in [1.54, 1.807) is 0 Å². The second kappa shape index (κ2) is 15.8. The fourth-order valence-electron chi connectivity index (χ4n) is 3.40. The number of carboxylic acids is 1. The molecular weight excluding hydrogens is 500 g/mol. The summed E-state index contributed by atoms with van der Waals surface area (Å²) < 4.78 is 0. The van der Waals surface area contributed by atoms with Crippen LogP contribution in [0, 0.1) is 5.92 Å². The smallest absolute Gasteiger partial charge is 0.326 e. The van der Waals surface area contributed by atoms with Gasteiger partial charge in [0.15, 0.2) is 5.96 Å². The number of carbonyl (C=O) groups excluding carboxylic acids is 4. The number of guanidine groups is 1. The number of imidazole rings is 1. The molecule has 0 saturated carbocycles. The van der Waals surface area contributed by atoms with Gasteiger partial charge in [-0.15, -0.1) is 0 Å². The molecule has 13 N–H and O–H groups in total. The van der Waals surface area contributed by atoms with Crippen molar-refractivity contribution in [3.63, 3.8) is 0 Å². The molecule has 0 fully saturated rings. The Balaban J connectivity index is 2.92. The van der Waals surface area contributed by atoms with Gasteiger partial charge in [-0.05, 0) is 25.2 Å². The molecule has 212 valence electrons. The molecule has 1 aromatic heterocycles. The van der Waals surface area contributed by atoms with Crippen LogP contribution in [0.3, 0.4) is 0 Å². The van der Waals surface area contributed by atoms with E-state index in [1.165, 1.54) is 12.5 Å². The number of H-pyrrole nitrogens is 1. The van der Waals surface area contributed by atoms with Crippen molar-refractivity contribution < 1.29 is 29.1 Å². The first kappa shape index (κ1) is 31.8. The summed E-state index contributed by atoms with van der Waals surface area (Å²) in [6.07, 6.45) is 2.91. The van der Waals surface area contributed by atoms with E-state index in [0.29, 0.717) is 12.1 Å². The third-order valence-corrected chi connectivity index (χ3v) is 5.28. The molecule has 16 heteroatoms. The first-order valence-corrected chi connectivity index (χ1v) is 12.0. The minimum Gasteiger partial charge on any atom is -0.480 e. The summed E-state index contributed by atoms with van der Waals surface area (Å²) in [5.74, 6) is -4.66. The van der Waals surface area contributed by atoms with Gasteiger partial charge in [0.1, 0.15) is 18.1 Å². The molecule has 0 spiro atoms. The van der Waals surface area contributed by atoms with Crippen molar-refractivity contribution in [2.24, 2.45) is 33.8 Å². The molecule has 4 atom stereocenters. The monoisotopic (exact) mass is 538 g/mol. The number of hydrogen-bond acceptors (Lipinski definition) is 8. The van der Waals surface area contributed by atoms with Crippen molar-refractivity contribution >= 4 is 35.6 Å². The third-order valence-electron chi connectivity index (χ3n) is 5.28. The van der Waals surface area contributed by atoms with Gasteiger partial charge in [0, 0.05) is 24.9 Å². The third kappa shape index (κ3) is 12.2. The summed E-state index contributed by atoms with van der Waals surface area (Å²) in [5.41, 5.74) is 22.1. The second-order valence-corrected chi connectivity index (χ2v) is 9.16. The normalized spacial score (nSPS) is 14.0. The van der Waals surface area contributed by atoms with Crippen LogP contribution in [-0.2, 0) is 30.4 Å². The maximum absolute atomic E-state index is 13.1. The van der Waals surface area contributed by atoms with Gasteiger partial charge in [0.05, 0.1) is 18.8 Å². The Morgan fingerprint density at radius 3 is 2.13 bits per heavy atom. The number of nitrogens with one attached hydrogen (secondary N) is 4. The zero-order chi connectivity index (χ0) is 28.8. The predicted octanol–water partition coefficient (Wildman–Crippen LogP) is -3.21. The Morgan fingerprint density at radius 1 is 1.00 bits per heavy atom. The number of aromatic nitrogens is 2. The molecule has 0 bridgehead atoms. The number of hydrogen-bond donors (Lipinski definition) is 9. The summed E-state index contributed by atoms with van der Waals surface area (Å²) in [7, 11) is 0. The van der Waals surface area contributed by atoms with Crippen LogP contribution >= 0.6 is 0 Å². The fraction of sp³-hybridized carbons (Fsp3) is 0.591. The van der Waals surface area contributed by atoms with Gasteiger partial charge in [-0.3, -0.25) is 24.2 Å². The fourth-order valence-corrected chi connectivity index (χ4v) is 3.40. The zero-order valence-electron chi connectivity index (χ0n) is 21.5. The highest BCUT2D eigenvalue weighted by Crippen LogP contribution is 2.08. The van der Waals surface area contributed by atoms with Gasteiger partial charge in [-0.2, -0.15) is 0 Å². The van der Waals surface area contributed by atoms with E-state index >= 15 is 0 Å². The molecule has 0 radical (unpaired) electrons. The number of amides is 4. The Morgan fingerprint density at radius 2 is 1.61 bits per heavy atom. The quantitative estimate of drug-likeness (QED) is 0.0543. The zero-order valence-corrected chi connectivity index (χ0v) is 21.5. The van der Waals surface area contributed by atoms with Crippen LogP contribution in [0.2, 0.25) is 0 Å². The van der Waals surface area contributed by atoms with E-state index in [-0.39, 0.29) is 37.7 Å². The van der Waals surface area contributed by atoms with Crippen molar-refractivity contribution in [2.75, 3.05) is 6.54 Å². The van der Waals surface area contributed by atoms with E-state index in [9.17, 15) is 29.1 Å². The molecule has 0 aromatic carbocycles. The van der Waals surface area contributed by atoms with E-state index in [2.05, 4.69) is 30.9 Å². The highest BCUT2D eigenvalue weighted by molar-refractivity contribution is 5.96. The van der Waals surface area contributed by atoms with E-state index in [4.69, 9.17) is 22.9 Å². The van der Waals surface area contributed by atoms with E-state index in [0.717, 1.165) is 0 Å². The largest absolute Gasteiger partial charge is 0.480 e. The number of aliphatic imine (C=N–C) groups is 1. The van der Waals surface area contributed by atoms with Crippen molar-refractivity contribution in [2.45, 2.75) is 70.1 Å². The van der Waals surface area contributed by atoms with Crippen LogP contribution in [0.4, 0.5) is 0 Å². The first-order valence-electron chi connectivity index (χ1n) is 12.0. The van der Waals surface area contributed by atoms with Gasteiger partial charge >= 0.3 is 5.97 Å². The standard InChI is InChI=1S/C22H38N10O6/c1-11(2)6-14(30-18(34)13(23)4-3-5-28-22(25)26)19(35)31-15(8-17(24)33)20(36)32-16(21(37)38)7-12-9-27-10-29-12/h9-11,13-16H,3-8,23H2,1-2H3,(H2,24,33)(H,27,29)(H,30,34)(H,31,35)(H,32,36)(H,37,38)(H4,25,26,28). The van der Waals surface area contributed by atoms with Crippen LogP contribution in [0.15, 0.2) is 17.5 Å². The molecule has 4 amide bonds. The minimum absolute atomic E-state index is 0.0432. The Labute approximate surface area is 219 Å². The lowest BCUT2D eigenvalue weighted by molar-refractivity contribution is -0.142. The van der Waals surface area contributed by atoms with Gasteiger partial charge in [-0.1, -0.05) is 13.8 Å². The van der Waals surface area contributed by atoms with Crippen molar-refractivity contribution in [1.29, 1.82) is 0 Å². The summed E-state index contributed by atoms with van der Waals surface area (Å²) in [5, 5.41) is 16.8. The lowest BCUT2D eigenvalue weighted by Gasteiger charge is -2.25. The van der Waals surface area contributed by atoms with Crippen molar-refractivity contribution in [3.05, 3.63) is 18.2 Å². The number of carbonyl (C=O) groups is 5. The minimum atomic E-state index is -1.48. The Hall–Kier alpha value is -4.21. The summed E-state index contributed by atoms with van der Waals surface area (Å²) in [6, 6.07) is -4.90. The van der Waals surface area contributed by atoms with Crippen LogP contribution in [0.25, 0.3) is 0 Å². The van der Waals surface area contributed by atoms with Gasteiger partial charge in [0.2, 0.25) is 23.6 Å². The van der Waals surface area contributed by atoms with Crippen LogP contribution in [0.5, 0.6) is 0 Å². The highest BCUT2D eigenvalue weighted by Gasteiger charge is 2.31. The maximum atomic E-state index is 13.1. The molecule has 0 aliphatic rings. The summed E-state index contributed by atoms with van der Waals surface area (Å²) in [6.45, 7) is 3.92. The molecule has 0 saturated heterocycles. The highest BCUT2D eigenvalue weighted by atomic mass is 16.4. The molecular formula is C22H38N10O6. The van der Waals surface area contributed by atoms with Crippen molar-refractivity contribution in [3.8, 4) is 0 Å². The van der Waals surface area contributed by atoms with Gasteiger partial charge < -0.3 is 49.0 Å². The van der Waals surface area contributed by atoms with Crippen LogP contribution in [0.1, 0.15) is 45.2 Å². The predicted molar refractivity (Wildman–Crippen MR) is 137 cm³/mol. The molecule has 16 nitrogen and oxygen atoms in total. The topological polar surface area (TPSA) is 287 Å². The molecule has 0 aliphatic heterocycles. The van der Waals surface area contributed by atoms with E-state index < -0.39 is 60.2 Å². The lowest BCUT2D eigenvalue weighted by atomic mass is 10.0. The summed E-state index contributed by atoms with van der Waals surface area (Å²) in [4.78, 5) is 72.2. The number of rotatable bonds is 17. The number of aromatic amines is 1. The number of nitrogens with two attached hydrogens (primary N) is 4. The molecule has 1 rings (SSSR count). The maximum Gasteiger partial charge on any atom is 0.326 e. The van der Waals surface area contributed by atoms with Crippen molar-refractivity contribution in [1.82, 2.24) is 25.9 Å². The van der Waals surface area contributed by atoms with Crippen LogP contribution < -0.4 is 38.9 Å². The Kier molecular flexibility index (Phi) is 13.2. The summed E-state index contributed by atoms with van der Waals surface area (Å²) >= 11 is 0. The second-order valence-electron chi connectivity index (χ2n) is 9.16. The average Bonchev–Trinajstić information content (AvgIpc) is 3.32. The first-order chi connectivity index (χ1) is 17.8. The Bertz CT molecular complexity index is 977. The lowest BCUT2D eigenvalue weighted by Crippen LogP contribution is -2.58. The molecule has 4 unspecified atom stereocenters.